The number of amides is 1. The van der Waals surface area contributed by atoms with Crippen LogP contribution < -0.4 is 14.4 Å². The topological polar surface area (TPSA) is 88.4 Å². The average Bonchev–Trinajstić information content (AvgIpc) is 3.01. The molecule has 9 heteroatoms. The number of benzene rings is 3. The SMILES string of the molecule is CCOc1cc(OC2CCN(C(=O)CCN3CCN(c4ccc(-c5ccccc5)cc4)CC3)CC2)ccc1[N+](=O)[O-]. The van der Waals surface area contributed by atoms with Gasteiger partial charge in [-0.1, -0.05) is 42.5 Å². The number of rotatable bonds is 10. The number of nitro groups is 1. The summed E-state index contributed by atoms with van der Waals surface area (Å²) >= 11 is 0. The van der Waals surface area contributed by atoms with Gasteiger partial charge in [0.05, 0.1) is 11.5 Å². The molecule has 0 saturated carbocycles. The second-order valence-electron chi connectivity index (χ2n) is 10.5. The van der Waals surface area contributed by atoms with E-state index in [1.807, 2.05) is 11.0 Å². The highest BCUT2D eigenvalue weighted by molar-refractivity contribution is 5.76. The fourth-order valence-corrected chi connectivity index (χ4v) is 5.54. The van der Waals surface area contributed by atoms with Gasteiger partial charge in [0.15, 0.2) is 0 Å². The average molecular weight is 559 g/mol. The zero-order valence-corrected chi connectivity index (χ0v) is 23.6. The van der Waals surface area contributed by atoms with E-state index >= 15 is 0 Å². The van der Waals surface area contributed by atoms with Crippen molar-refractivity contribution in [2.24, 2.45) is 0 Å². The molecular weight excluding hydrogens is 520 g/mol. The van der Waals surface area contributed by atoms with Crippen molar-refractivity contribution in [3.05, 3.63) is 82.9 Å². The van der Waals surface area contributed by atoms with Gasteiger partial charge >= 0.3 is 5.69 Å². The number of piperidine rings is 1. The monoisotopic (exact) mass is 558 g/mol. The fourth-order valence-electron chi connectivity index (χ4n) is 5.54. The molecule has 3 aromatic carbocycles. The summed E-state index contributed by atoms with van der Waals surface area (Å²) in [6.07, 6.45) is 1.95. The maximum Gasteiger partial charge on any atom is 0.311 e. The molecule has 5 rings (SSSR count). The van der Waals surface area contributed by atoms with Crippen LogP contribution in [-0.4, -0.2) is 79.2 Å². The Morgan fingerprint density at radius 3 is 2.24 bits per heavy atom. The van der Waals surface area contributed by atoms with Crippen LogP contribution in [0.1, 0.15) is 26.2 Å². The highest BCUT2D eigenvalue weighted by atomic mass is 16.6. The van der Waals surface area contributed by atoms with E-state index in [-0.39, 0.29) is 23.4 Å². The summed E-state index contributed by atoms with van der Waals surface area (Å²) in [5, 5.41) is 11.2. The second-order valence-corrected chi connectivity index (χ2v) is 10.5. The Bertz CT molecular complexity index is 1300. The molecule has 2 aliphatic rings. The number of carbonyl (C=O) groups excluding carboxylic acids is 1. The lowest BCUT2D eigenvalue weighted by molar-refractivity contribution is -0.385. The van der Waals surface area contributed by atoms with Crippen molar-refractivity contribution in [2.45, 2.75) is 32.3 Å². The number of hydrogen-bond acceptors (Lipinski definition) is 7. The summed E-state index contributed by atoms with van der Waals surface area (Å²) in [7, 11) is 0. The Kier molecular flexibility index (Phi) is 9.36. The fraction of sp³-hybridized carbons (Fsp3) is 0.406. The van der Waals surface area contributed by atoms with Gasteiger partial charge in [-0.25, -0.2) is 0 Å². The maximum atomic E-state index is 12.9. The lowest BCUT2D eigenvalue weighted by atomic mass is 10.1. The van der Waals surface area contributed by atoms with Gasteiger partial charge in [0, 0.05) is 82.9 Å². The number of nitrogens with zero attached hydrogens (tertiary/aromatic N) is 4. The van der Waals surface area contributed by atoms with Crippen LogP contribution >= 0.6 is 0 Å². The summed E-state index contributed by atoms with van der Waals surface area (Å²) in [6, 6.07) is 23.8. The maximum absolute atomic E-state index is 12.9. The molecule has 0 atom stereocenters. The zero-order chi connectivity index (χ0) is 28.6. The number of carbonyl (C=O) groups is 1. The molecule has 3 aromatic rings. The molecule has 2 saturated heterocycles. The van der Waals surface area contributed by atoms with Crippen LogP contribution in [0.4, 0.5) is 11.4 Å². The molecule has 0 aromatic heterocycles. The summed E-state index contributed by atoms with van der Waals surface area (Å²) in [5.74, 6) is 0.955. The quantitative estimate of drug-likeness (QED) is 0.248. The molecular formula is C32H38N4O5. The first-order valence-electron chi connectivity index (χ1n) is 14.5. The Balaban J connectivity index is 1.02. The molecule has 9 nitrogen and oxygen atoms in total. The van der Waals surface area contributed by atoms with Crippen LogP contribution in [0, 0.1) is 10.1 Å². The van der Waals surface area contributed by atoms with Crippen LogP contribution in [0.3, 0.4) is 0 Å². The van der Waals surface area contributed by atoms with Crippen molar-refractivity contribution < 1.29 is 19.2 Å². The number of hydrogen-bond donors (Lipinski definition) is 0. The van der Waals surface area contributed by atoms with Gasteiger partial charge in [0.1, 0.15) is 11.9 Å². The third kappa shape index (κ3) is 7.35. The molecule has 2 fully saturated rings. The molecule has 2 aliphatic heterocycles. The van der Waals surface area contributed by atoms with Crippen molar-refractivity contribution in [1.82, 2.24) is 9.80 Å². The number of ether oxygens (including phenoxy) is 2. The summed E-state index contributed by atoms with van der Waals surface area (Å²) in [4.78, 5) is 30.4. The number of piperazine rings is 1. The van der Waals surface area contributed by atoms with E-state index in [0.29, 0.717) is 31.9 Å². The molecule has 216 valence electrons. The van der Waals surface area contributed by atoms with Gasteiger partial charge < -0.3 is 19.3 Å². The van der Waals surface area contributed by atoms with Crippen LogP contribution in [0.25, 0.3) is 11.1 Å². The van der Waals surface area contributed by atoms with Gasteiger partial charge in [-0.2, -0.15) is 0 Å². The van der Waals surface area contributed by atoms with Crippen molar-refractivity contribution in [3.63, 3.8) is 0 Å². The summed E-state index contributed by atoms with van der Waals surface area (Å²) in [6.45, 7) is 8.01. The third-order valence-electron chi connectivity index (χ3n) is 7.88. The smallest absolute Gasteiger partial charge is 0.311 e. The normalized spacial score (nSPS) is 16.4. The van der Waals surface area contributed by atoms with E-state index in [0.717, 1.165) is 45.6 Å². The van der Waals surface area contributed by atoms with Crippen LogP contribution in [0.5, 0.6) is 11.5 Å². The van der Waals surface area contributed by atoms with Gasteiger partial charge in [-0.3, -0.25) is 19.8 Å². The van der Waals surface area contributed by atoms with E-state index in [9.17, 15) is 14.9 Å². The lowest BCUT2D eigenvalue weighted by Gasteiger charge is -2.37. The van der Waals surface area contributed by atoms with Crippen molar-refractivity contribution >= 4 is 17.3 Å². The van der Waals surface area contributed by atoms with Gasteiger partial charge in [0.2, 0.25) is 11.7 Å². The molecule has 0 unspecified atom stereocenters. The first-order valence-corrected chi connectivity index (χ1v) is 14.5. The number of likely N-dealkylation sites (tertiary alicyclic amines) is 1. The Morgan fingerprint density at radius 1 is 0.902 bits per heavy atom. The highest BCUT2D eigenvalue weighted by Crippen LogP contribution is 2.32. The minimum Gasteiger partial charge on any atom is -0.490 e. The summed E-state index contributed by atoms with van der Waals surface area (Å²) < 4.78 is 11.5. The van der Waals surface area contributed by atoms with E-state index in [2.05, 4.69) is 58.3 Å². The molecule has 0 radical (unpaired) electrons. The first kappa shape index (κ1) is 28.4. The van der Waals surface area contributed by atoms with Gasteiger partial charge in [0.25, 0.3) is 0 Å². The van der Waals surface area contributed by atoms with E-state index < -0.39 is 4.92 Å². The Morgan fingerprint density at radius 2 is 1.59 bits per heavy atom. The third-order valence-corrected chi connectivity index (χ3v) is 7.88. The minimum atomic E-state index is -0.455. The first-order chi connectivity index (χ1) is 20.0. The largest absolute Gasteiger partial charge is 0.490 e. The van der Waals surface area contributed by atoms with Crippen molar-refractivity contribution in [2.75, 3.05) is 57.3 Å². The Labute approximate surface area is 241 Å². The molecule has 1 amide bonds. The number of nitro benzene ring substituents is 1. The Hall–Kier alpha value is -4.11. The molecule has 41 heavy (non-hydrogen) atoms. The molecule has 2 heterocycles. The van der Waals surface area contributed by atoms with Crippen LogP contribution in [0.15, 0.2) is 72.8 Å². The van der Waals surface area contributed by atoms with Crippen LogP contribution in [0.2, 0.25) is 0 Å². The predicted molar refractivity (Wildman–Crippen MR) is 160 cm³/mol. The molecule has 0 aliphatic carbocycles. The highest BCUT2D eigenvalue weighted by Gasteiger charge is 2.26. The lowest BCUT2D eigenvalue weighted by Crippen LogP contribution is -2.48. The van der Waals surface area contributed by atoms with Crippen molar-refractivity contribution in [1.29, 1.82) is 0 Å². The number of anilines is 1. The molecule has 0 N–H and O–H groups in total. The molecule has 0 bridgehead atoms. The second kappa shape index (κ2) is 13.5. The van der Waals surface area contributed by atoms with E-state index in [4.69, 9.17) is 9.47 Å². The van der Waals surface area contributed by atoms with Crippen LogP contribution in [-0.2, 0) is 4.79 Å². The molecule has 0 spiro atoms. The van der Waals surface area contributed by atoms with Gasteiger partial charge in [-0.15, -0.1) is 0 Å². The summed E-state index contributed by atoms with van der Waals surface area (Å²) in [5.41, 5.74) is 3.63. The zero-order valence-electron chi connectivity index (χ0n) is 23.6. The van der Waals surface area contributed by atoms with E-state index in [1.165, 1.54) is 22.9 Å². The predicted octanol–water partition coefficient (Wildman–Crippen LogP) is 5.24. The van der Waals surface area contributed by atoms with Gasteiger partial charge in [-0.05, 0) is 36.2 Å². The standard InChI is InChI=1S/C32H38N4O5/c1-2-40-31-24-29(12-13-30(31)36(38)39)41-28-14-18-35(19-15-28)32(37)16-17-33-20-22-34(23-21-33)27-10-8-26(9-11-27)25-6-4-3-5-7-25/h3-13,24,28H,2,14-23H2,1H3. The van der Waals surface area contributed by atoms with E-state index in [1.54, 1.807) is 19.1 Å². The minimum absolute atomic E-state index is 0.0372. The van der Waals surface area contributed by atoms with Crippen molar-refractivity contribution in [3.8, 4) is 22.6 Å².